The molecule has 0 N–H and O–H groups in total. The Kier molecular flexibility index (Phi) is 10.9. The molecule has 0 aromatic heterocycles. The van der Waals surface area contributed by atoms with Gasteiger partial charge in [-0.1, -0.05) is 34.6 Å². The first-order chi connectivity index (χ1) is 11.5. The molecular weight excluding hydrogens is 314 g/mol. The lowest BCUT2D eigenvalue weighted by Gasteiger charge is -2.41. The van der Waals surface area contributed by atoms with Crippen LogP contribution in [0.4, 0.5) is 0 Å². The van der Waals surface area contributed by atoms with Crippen LogP contribution in [0.5, 0.6) is 0 Å². The van der Waals surface area contributed by atoms with Gasteiger partial charge in [-0.25, -0.2) is 0 Å². The Morgan fingerprint density at radius 1 is 0.800 bits per heavy atom. The van der Waals surface area contributed by atoms with Crippen molar-refractivity contribution in [2.45, 2.75) is 60.9 Å². The lowest BCUT2D eigenvalue weighted by atomic mass is 9.94. The number of amides is 1. The highest BCUT2D eigenvalue weighted by Crippen LogP contribution is 2.18. The Labute approximate surface area is 156 Å². The number of nitrogens with zero attached hydrogens (tertiary/aromatic N) is 3. The molecule has 2 saturated heterocycles. The molecule has 0 aromatic rings. The van der Waals surface area contributed by atoms with Gasteiger partial charge in [0.2, 0.25) is 5.91 Å². The van der Waals surface area contributed by atoms with E-state index in [4.69, 9.17) is 4.74 Å². The summed E-state index contributed by atoms with van der Waals surface area (Å²) in [5.74, 6) is 0.228. The first-order valence-corrected chi connectivity index (χ1v) is 9.82. The number of hydrogen-bond acceptors (Lipinski definition) is 4. The van der Waals surface area contributed by atoms with Gasteiger partial charge >= 0.3 is 0 Å². The molecule has 2 aliphatic rings. The van der Waals surface area contributed by atoms with E-state index in [1.165, 1.54) is 26.2 Å². The van der Waals surface area contributed by atoms with E-state index in [2.05, 4.69) is 37.6 Å². The van der Waals surface area contributed by atoms with Gasteiger partial charge in [-0.15, -0.1) is 0 Å². The van der Waals surface area contributed by atoms with Gasteiger partial charge in [-0.3, -0.25) is 9.69 Å². The van der Waals surface area contributed by atoms with Crippen molar-refractivity contribution in [3.8, 4) is 0 Å². The Morgan fingerprint density at radius 2 is 1.24 bits per heavy atom. The molecule has 2 aliphatic heterocycles. The predicted octanol–water partition coefficient (Wildman–Crippen LogP) is 2.95. The van der Waals surface area contributed by atoms with Gasteiger partial charge in [0.25, 0.3) is 0 Å². The van der Waals surface area contributed by atoms with Crippen LogP contribution >= 0.6 is 0 Å². The fourth-order valence-corrected chi connectivity index (χ4v) is 2.72. The second-order valence-corrected chi connectivity index (χ2v) is 8.62. The number of likely N-dealkylation sites (N-methyl/N-ethyl adjacent to an activating group) is 1. The highest BCUT2D eigenvalue weighted by Gasteiger charge is 2.28. The summed E-state index contributed by atoms with van der Waals surface area (Å²) >= 11 is 0. The minimum absolute atomic E-state index is 0.228. The van der Waals surface area contributed by atoms with Crippen molar-refractivity contribution >= 4 is 5.91 Å². The molecule has 1 amide bonds. The Balaban J connectivity index is 0.000000421. The molecule has 150 valence electrons. The predicted molar refractivity (Wildman–Crippen MR) is 107 cm³/mol. The third-order valence-electron chi connectivity index (χ3n) is 4.39. The molecule has 0 bridgehead atoms. The Morgan fingerprint density at radius 3 is 1.60 bits per heavy atom. The molecule has 0 radical (unpaired) electrons. The maximum atomic E-state index is 11.7. The molecule has 2 fully saturated rings. The molecule has 25 heavy (non-hydrogen) atoms. The number of piperazine rings is 1. The largest absolute Gasteiger partial charge is 0.378 e. The maximum Gasteiger partial charge on any atom is 0.228 e. The van der Waals surface area contributed by atoms with Gasteiger partial charge in [0.15, 0.2) is 0 Å². The van der Waals surface area contributed by atoms with Crippen molar-refractivity contribution in [1.82, 2.24) is 14.7 Å². The zero-order valence-electron chi connectivity index (χ0n) is 18.3. The van der Waals surface area contributed by atoms with Gasteiger partial charge in [0, 0.05) is 50.2 Å². The van der Waals surface area contributed by atoms with E-state index >= 15 is 0 Å². The van der Waals surface area contributed by atoms with E-state index in [1.807, 2.05) is 39.5 Å². The van der Waals surface area contributed by atoms with Crippen LogP contribution in [-0.2, 0) is 9.53 Å². The lowest BCUT2D eigenvalue weighted by Crippen LogP contribution is -2.52. The second-order valence-electron chi connectivity index (χ2n) is 8.62. The highest BCUT2D eigenvalue weighted by molar-refractivity contribution is 5.81. The Bertz CT molecular complexity index is 358. The molecule has 0 aromatic carbocycles. The minimum atomic E-state index is -0.253. The third-order valence-corrected chi connectivity index (χ3v) is 4.39. The Hall–Kier alpha value is -0.650. The molecule has 5 heteroatoms. The summed E-state index contributed by atoms with van der Waals surface area (Å²) in [6, 6.07) is 0. The standard InChI is InChI=1S/C9H20N2.C9H17NO2.C2H6/c1-9(2,3)11-7-5-10(4)6-8-11;1-9(2,3)8(11)10-4-6-12-7-5-10;1-2/h5-8H2,1-4H3;4-7H2,1-3H3;1-2H3. The fourth-order valence-electron chi connectivity index (χ4n) is 2.72. The van der Waals surface area contributed by atoms with Crippen LogP contribution in [0, 0.1) is 5.41 Å². The minimum Gasteiger partial charge on any atom is -0.378 e. The molecule has 5 nitrogen and oxygen atoms in total. The van der Waals surface area contributed by atoms with Crippen LogP contribution in [0.1, 0.15) is 55.4 Å². The van der Waals surface area contributed by atoms with Gasteiger partial charge in [-0.05, 0) is 27.8 Å². The first-order valence-electron chi connectivity index (χ1n) is 9.82. The van der Waals surface area contributed by atoms with Gasteiger partial charge in [0.05, 0.1) is 13.2 Å². The number of ether oxygens (including phenoxy) is 1. The zero-order valence-corrected chi connectivity index (χ0v) is 18.3. The van der Waals surface area contributed by atoms with E-state index in [9.17, 15) is 4.79 Å². The van der Waals surface area contributed by atoms with E-state index in [0.717, 1.165) is 13.1 Å². The topological polar surface area (TPSA) is 36.0 Å². The van der Waals surface area contributed by atoms with Crippen LogP contribution < -0.4 is 0 Å². The van der Waals surface area contributed by atoms with E-state index in [1.54, 1.807) is 0 Å². The highest BCUT2D eigenvalue weighted by atomic mass is 16.5. The van der Waals surface area contributed by atoms with Crippen molar-refractivity contribution in [2.24, 2.45) is 5.41 Å². The maximum absolute atomic E-state index is 11.7. The van der Waals surface area contributed by atoms with E-state index in [-0.39, 0.29) is 11.3 Å². The summed E-state index contributed by atoms with van der Waals surface area (Å²) in [4.78, 5) is 18.5. The molecule has 2 heterocycles. The number of rotatable bonds is 0. The van der Waals surface area contributed by atoms with Crippen molar-refractivity contribution in [3.63, 3.8) is 0 Å². The van der Waals surface area contributed by atoms with E-state index < -0.39 is 0 Å². The molecule has 0 aliphatic carbocycles. The van der Waals surface area contributed by atoms with Crippen molar-refractivity contribution in [1.29, 1.82) is 0 Å². The van der Waals surface area contributed by atoms with Gasteiger partial charge in [0.1, 0.15) is 0 Å². The zero-order chi connectivity index (χ0) is 19.7. The first kappa shape index (κ1) is 24.4. The monoisotopic (exact) mass is 357 g/mol. The molecule has 2 rings (SSSR count). The van der Waals surface area contributed by atoms with Crippen molar-refractivity contribution in [2.75, 3.05) is 59.5 Å². The summed E-state index contributed by atoms with van der Waals surface area (Å²) in [7, 11) is 2.19. The molecule has 0 unspecified atom stereocenters. The average molecular weight is 358 g/mol. The third kappa shape index (κ3) is 9.57. The molecule has 0 atom stereocenters. The van der Waals surface area contributed by atoms with E-state index in [0.29, 0.717) is 18.8 Å². The van der Waals surface area contributed by atoms with Crippen LogP contribution in [0.3, 0.4) is 0 Å². The smallest absolute Gasteiger partial charge is 0.228 e. The molecule has 0 saturated carbocycles. The summed E-state index contributed by atoms with van der Waals surface area (Å²) in [5.41, 5.74) is 0.110. The summed E-state index contributed by atoms with van der Waals surface area (Å²) in [5, 5.41) is 0. The van der Waals surface area contributed by atoms with Crippen LogP contribution in [0.15, 0.2) is 0 Å². The fraction of sp³-hybridized carbons (Fsp3) is 0.950. The van der Waals surface area contributed by atoms with Gasteiger partial charge in [-0.2, -0.15) is 0 Å². The molecular formula is C20H43N3O2. The van der Waals surface area contributed by atoms with Crippen LogP contribution in [0.25, 0.3) is 0 Å². The summed E-state index contributed by atoms with van der Waals surface area (Å²) in [6.45, 7) is 24.5. The van der Waals surface area contributed by atoms with Crippen LogP contribution in [0.2, 0.25) is 0 Å². The van der Waals surface area contributed by atoms with Gasteiger partial charge < -0.3 is 14.5 Å². The second kappa shape index (κ2) is 11.1. The quantitative estimate of drug-likeness (QED) is 0.668. The lowest BCUT2D eigenvalue weighted by molar-refractivity contribution is -0.143. The number of hydrogen-bond donors (Lipinski definition) is 0. The van der Waals surface area contributed by atoms with Crippen molar-refractivity contribution in [3.05, 3.63) is 0 Å². The number of morpholine rings is 1. The number of carbonyl (C=O) groups excluding carboxylic acids is 1. The summed E-state index contributed by atoms with van der Waals surface area (Å²) < 4.78 is 5.17. The molecule has 0 spiro atoms. The van der Waals surface area contributed by atoms with Crippen molar-refractivity contribution < 1.29 is 9.53 Å². The summed E-state index contributed by atoms with van der Waals surface area (Å²) in [6.07, 6.45) is 0. The average Bonchev–Trinajstić information content (AvgIpc) is 2.56. The normalized spacial score (nSPS) is 20.1. The number of carbonyl (C=O) groups is 1. The van der Waals surface area contributed by atoms with Crippen LogP contribution in [-0.4, -0.2) is 85.7 Å². The SMILES string of the molecule is CC.CC(C)(C)C(=O)N1CCOCC1.CN1CCN(C(C)(C)C)CC1.